The molecule has 0 saturated carbocycles. The minimum atomic E-state index is -0.0712. The molecule has 1 heterocycles. The summed E-state index contributed by atoms with van der Waals surface area (Å²) in [5.74, 6) is 0.849. The van der Waals surface area contributed by atoms with Crippen LogP contribution < -0.4 is 5.32 Å². The second-order valence-electron chi connectivity index (χ2n) is 5.32. The van der Waals surface area contributed by atoms with Crippen molar-refractivity contribution in [3.05, 3.63) is 71.5 Å². The number of carbonyl (C=O) groups excluding carboxylic acids is 1. The Morgan fingerprint density at radius 2 is 1.96 bits per heavy atom. The molecule has 0 radical (unpaired) electrons. The lowest BCUT2D eigenvalue weighted by atomic mass is 10.1. The maximum atomic E-state index is 11.9. The number of hydrogen-bond acceptors (Lipinski definition) is 4. The maximum Gasteiger partial charge on any atom is 0.257 e. The summed E-state index contributed by atoms with van der Waals surface area (Å²) in [6.07, 6.45) is 0.337. The number of aryl methyl sites for hydroxylation is 1. The topological polar surface area (TPSA) is 68.0 Å². The van der Waals surface area contributed by atoms with E-state index in [4.69, 9.17) is 4.52 Å². The highest BCUT2D eigenvalue weighted by molar-refractivity contribution is 5.78. The molecule has 0 fully saturated rings. The van der Waals surface area contributed by atoms with Gasteiger partial charge in [-0.2, -0.15) is 4.98 Å². The second-order valence-corrected chi connectivity index (χ2v) is 5.32. The quantitative estimate of drug-likeness (QED) is 0.787. The van der Waals surface area contributed by atoms with Crippen LogP contribution in [-0.2, 0) is 17.8 Å². The fourth-order valence-electron chi connectivity index (χ4n) is 2.24. The zero-order chi connectivity index (χ0) is 16.1. The minimum absolute atomic E-state index is 0.0712. The van der Waals surface area contributed by atoms with Gasteiger partial charge in [-0.3, -0.25) is 4.79 Å². The van der Waals surface area contributed by atoms with E-state index in [1.54, 1.807) is 0 Å². The van der Waals surface area contributed by atoms with Gasteiger partial charge in [0.05, 0.1) is 13.0 Å². The number of benzene rings is 2. The first-order valence-electron chi connectivity index (χ1n) is 7.41. The van der Waals surface area contributed by atoms with Crippen molar-refractivity contribution in [1.82, 2.24) is 15.5 Å². The van der Waals surface area contributed by atoms with E-state index in [1.165, 1.54) is 0 Å². The summed E-state index contributed by atoms with van der Waals surface area (Å²) in [5.41, 5.74) is 2.97. The van der Waals surface area contributed by atoms with Gasteiger partial charge in [-0.1, -0.05) is 53.2 Å². The molecular formula is C18H17N3O2. The molecule has 1 N–H and O–H groups in total. The molecule has 0 aliphatic carbocycles. The standard InChI is InChI=1S/C18H17N3O2/c1-13-6-5-9-15(10-13)18-20-16(21-23-18)12-19-17(22)11-14-7-3-2-4-8-14/h2-10H,11-12H2,1H3,(H,19,22). The van der Waals surface area contributed by atoms with Crippen molar-refractivity contribution in [2.24, 2.45) is 0 Å². The first-order valence-corrected chi connectivity index (χ1v) is 7.41. The summed E-state index contributed by atoms with van der Waals surface area (Å²) in [6, 6.07) is 17.4. The molecule has 0 aliphatic rings. The molecule has 1 amide bonds. The normalized spacial score (nSPS) is 10.5. The Morgan fingerprint density at radius 1 is 1.13 bits per heavy atom. The highest BCUT2D eigenvalue weighted by Gasteiger charge is 2.10. The molecule has 0 bridgehead atoms. The van der Waals surface area contributed by atoms with Crippen LogP contribution >= 0.6 is 0 Å². The van der Waals surface area contributed by atoms with E-state index in [2.05, 4.69) is 15.5 Å². The van der Waals surface area contributed by atoms with Gasteiger partial charge in [-0.25, -0.2) is 0 Å². The third-order valence-electron chi connectivity index (χ3n) is 3.38. The molecule has 0 saturated heterocycles. The second kappa shape index (κ2) is 6.87. The summed E-state index contributed by atoms with van der Waals surface area (Å²) >= 11 is 0. The minimum Gasteiger partial charge on any atom is -0.348 e. The van der Waals surface area contributed by atoms with Crippen LogP contribution in [0.2, 0.25) is 0 Å². The lowest BCUT2D eigenvalue weighted by Crippen LogP contribution is -2.25. The molecular weight excluding hydrogens is 290 g/mol. The van der Waals surface area contributed by atoms with Crippen molar-refractivity contribution in [3.8, 4) is 11.5 Å². The molecule has 0 aliphatic heterocycles. The Hall–Kier alpha value is -2.95. The molecule has 1 aromatic heterocycles. The number of rotatable bonds is 5. The predicted octanol–water partition coefficient (Wildman–Crippen LogP) is 2.90. The summed E-state index contributed by atoms with van der Waals surface area (Å²) in [7, 11) is 0. The van der Waals surface area contributed by atoms with Gasteiger partial charge in [0.15, 0.2) is 5.82 Å². The monoisotopic (exact) mass is 307 g/mol. The third kappa shape index (κ3) is 4.03. The molecule has 0 spiro atoms. The summed E-state index contributed by atoms with van der Waals surface area (Å²) in [6.45, 7) is 2.26. The summed E-state index contributed by atoms with van der Waals surface area (Å²) in [4.78, 5) is 16.2. The van der Waals surface area contributed by atoms with E-state index in [0.29, 0.717) is 18.1 Å². The molecule has 5 heteroatoms. The Bertz CT molecular complexity index is 797. The van der Waals surface area contributed by atoms with Crippen molar-refractivity contribution < 1.29 is 9.32 Å². The lowest BCUT2D eigenvalue weighted by Gasteiger charge is -2.02. The molecule has 3 aromatic rings. The van der Waals surface area contributed by atoms with E-state index in [-0.39, 0.29) is 12.5 Å². The molecule has 5 nitrogen and oxygen atoms in total. The van der Waals surface area contributed by atoms with Gasteiger partial charge in [0.25, 0.3) is 5.89 Å². The van der Waals surface area contributed by atoms with Gasteiger partial charge in [-0.15, -0.1) is 0 Å². The van der Waals surface area contributed by atoms with E-state index in [0.717, 1.165) is 16.7 Å². The SMILES string of the molecule is Cc1cccc(-c2nc(CNC(=O)Cc3ccccc3)no2)c1. The molecule has 3 rings (SSSR count). The lowest BCUT2D eigenvalue weighted by molar-refractivity contribution is -0.120. The molecule has 116 valence electrons. The smallest absolute Gasteiger partial charge is 0.257 e. The fourth-order valence-corrected chi connectivity index (χ4v) is 2.24. The summed E-state index contributed by atoms with van der Waals surface area (Å²) < 4.78 is 5.24. The number of amides is 1. The maximum absolute atomic E-state index is 11.9. The van der Waals surface area contributed by atoms with Crippen LogP contribution in [0.4, 0.5) is 0 Å². The largest absolute Gasteiger partial charge is 0.348 e. The van der Waals surface area contributed by atoms with Gasteiger partial charge in [0.1, 0.15) is 0 Å². The van der Waals surface area contributed by atoms with Crippen molar-refractivity contribution in [1.29, 1.82) is 0 Å². The first kappa shape index (κ1) is 15.0. The van der Waals surface area contributed by atoms with E-state index in [1.807, 2.05) is 61.5 Å². The Labute approximate surface area is 134 Å². The van der Waals surface area contributed by atoms with Gasteiger partial charge < -0.3 is 9.84 Å². The first-order chi connectivity index (χ1) is 11.2. The third-order valence-corrected chi connectivity index (χ3v) is 3.38. The van der Waals surface area contributed by atoms with E-state index in [9.17, 15) is 4.79 Å². The highest BCUT2D eigenvalue weighted by Crippen LogP contribution is 2.18. The Balaban J connectivity index is 1.58. The predicted molar refractivity (Wildman–Crippen MR) is 86.5 cm³/mol. The van der Waals surface area contributed by atoms with Crippen LogP contribution in [0.5, 0.6) is 0 Å². The molecule has 0 unspecified atom stereocenters. The van der Waals surface area contributed by atoms with Gasteiger partial charge in [0.2, 0.25) is 5.91 Å². The Kier molecular flexibility index (Phi) is 4.47. The zero-order valence-electron chi connectivity index (χ0n) is 12.8. The van der Waals surface area contributed by atoms with Crippen LogP contribution in [0.1, 0.15) is 17.0 Å². The number of nitrogens with zero attached hydrogens (tertiary/aromatic N) is 2. The fraction of sp³-hybridized carbons (Fsp3) is 0.167. The van der Waals surface area contributed by atoms with Crippen LogP contribution in [0.15, 0.2) is 59.1 Å². The highest BCUT2D eigenvalue weighted by atomic mass is 16.5. The average molecular weight is 307 g/mol. The summed E-state index contributed by atoms with van der Waals surface area (Å²) in [5, 5.41) is 6.70. The van der Waals surface area contributed by atoms with Gasteiger partial charge in [0, 0.05) is 5.56 Å². The van der Waals surface area contributed by atoms with Crippen LogP contribution in [0.3, 0.4) is 0 Å². The van der Waals surface area contributed by atoms with E-state index >= 15 is 0 Å². The molecule has 23 heavy (non-hydrogen) atoms. The number of carbonyl (C=O) groups is 1. The van der Waals surface area contributed by atoms with Crippen molar-refractivity contribution in [2.45, 2.75) is 19.9 Å². The van der Waals surface area contributed by atoms with Crippen LogP contribution in [-0.4, -0.2) is 16.0 Å². The van der Waals surface area contributed by atoms with Crippen LogP contribution in [0, 0.1) is 6.92 Å². The zero-order valence-corrected chi connectivity index (χ0v) is 12.8. The number of hydrogen-bond donors (Lipinski definition) is 1. The average Bonchev–Trinajstić information content (AvgIpc) is 3.03. The van der Waals surface area contributed by atoms with E-state index < -0.39 is 0 Å². The molecule has 2 aromatic carbocycles. The molecule has 0 atom stereocenters. The van der Waals surface area contributed by atoms with Crippen molar-refractivity contribution in [2.75, 3.05) is 0 Å². The van der Waals surface area contributed by atoms with Gasteiger partial charge in [-0.05, 0) is 24.6 Å². The Morgan fingerprint density at radius 3 is 2.74 bits per heavy atom. The van der Waals surface area contributed by atoms with Crippen molar-refractivity contribution >= 4 is 5.91 Å². The van der Waals surface area contributed by atoms with Crippen molar-refractivity contribution in [3.63, 3.8) is 0 Å². The number of aromatic nitrogens is 2. The van der Waals surface area contributed by atoms with Gasteiger partial charge >= 0.3 is 0 Å². The van der Waals surface area contributed by atoms with Crippen LogP contribution in [0.25, 0.3) is 11.5 Å². The number of nitrogens with one attached hydrogen (secondary N) is 1.